The Bertz CT molecular complexity index is 1310. The molecule has 0 spiro atoms. The van der Waals surface area contributed by atoms with Gasteiger partial charge in [-0.25, -0.2) is 4.57 Å². The van der Waals surface area contributed by atoms with Gasteiger partial charge in [0.25, 0.3) is 0 Å². The summed E-state index contributed by atoms with van der Waals surface area (Å²) in [6, 6.07) is 10.6. The number of rotatable bonds is 23. The SMILES string of the molecule is CCCCCCN(CC(CC)CCCC)c1cc(NP(=O)(O)O)c(N=Nc2ccc(C#N)cc2Br)cc1OCC(CC)CCCC. The Morgan fingerprint density at radius 3 is 2.15 bits per heavy atom. The van der Waals surface area contributed by atoms with Crippen molar-refractivity contribution in [1.29, 1.82) is 5.26 Å². The number of hydrogen-bond acceptors (Lipinski definition) is 6. The molecule has 0 aliphatic heterocycles. The minimum absolute atomic E-state index is 0.183. The number of nitrogens with zero attached hydrogens (tertiary/aromatic N) is 4. The molecular formula is C35H55BrN5O4P. The Labute approximate surface area is 285 Å². The number of benzene rings is 2. The normalized spacial score (nSPS) is 13.0. The van der Waals surface area contributed by atoms with Crippen LogP contribution < -0.4 is 14.7 Å². The number of ether oxygens (including phenoxy) is 1. The molecule has 0 aliphatic carbocycles. The van der Waals surface area contributed by atoms with Gasteiger partial charge in [-0.1, -0.05) is 92.4 Å². The van der Waals surface area contributed by atoms with Gasteiger partial charge < -0.3 is 19.4 Å². The van der Waals surface area contributed by atoms with Crippen LogP contribution in [0.4, 0.5) is 22.7 Å². The van der Waals surface area contributed by atoms with Crippen molar-refractivity contribution in [3.8, 4) is 11.8 Å². The van der Waals surface area contributed by atoms with Crippen molar-refractivity contribution in [3.63, 3.8) is 0 Å². The highest BCUT2D eigenvalue weighted by molar-refractivity contribution is 9.10. The number of halogens is 1. The highest BCUT2D eigenvalue weighted by Gasteiger charge is 2.23. The van der Waals surface area contributed by atoms with Crippen molar-refractivity contribution in [1.82, 2.24) is 0 Å². The zero-order chi connectivity index (χ0) is 34.0. The number of unbranched alkanes of at least 4 members (excludes halogenated alkanes) is 5. The van der Waals surface area contributed by atoms with Crippen LogP contribution in [0.2, 0.25) is 0 Å². The third-order valence-corrected chi connectivity index (χ3v) is 9.51. The summed E-state index contributed by atoms with van der Waals surface area (Å²) in [7, 11) is -4.68. The van der Waals surface area contributed by atoms with Crippen LogP contribution in [0, 0.1) is 23.2 Å². The van der Waals surface area contributed by atoms with E-state index < -0.39 is 7.75 Å². The zero-order valence-electron chi connectivity index (χ0n) is 28.5. The van der Waals surface area contributed by atoms with E-state index in [1.54, 1.807) is 30.3 Å². The molecule has 9 nitrogen and oxygen atoms in total. The standard InChI is InChI=1S/C35H55BrN5O4P/c1-6-11-14-15-20-41(25-27(9-4)16-12-7-2)34-22-33(40-46(42,43)44)32(23-35(34)45-26-28(10-5)17-13-8-3)39-38-31-19-18-29(24-37)21-30(31)36/h18-19,21-23,27-28H,6-17,20,25-26H2,1-5H3,(H3,40,42,43,44). The summed E-state index contributed by atoms with van der Waals surface area (Å²) >= 11 is 3.45. The molecule has 3 N–H and O–H groups in total. The summed E-state index contributed by atoms with van der Waals surface area (Å²) in [5.74, 6) is 1.52. The van der Waals surface area contributed by atoms with E-state index in [0.717, 1.165) is 95.8 Å². The molecule has 0 radical (unpaired) electrons. The topological polar surface area (TPSA) is 131 Å². The van der Waals surface area contributed by atoms with Crippen LogP contribution >= 0.6 is 23.7 Å². The Hall–Kier alpha value is -2.44. The number of azo groups is 1. The van der Waals surface area contributed by atoms with Crippen LogP contribution in [0.15, 0.2) is 45.0 Å². The maximum absolute atomic E-state index is 12.3. The van der Waals surface area contributed by atoms with Crippen molar-refractivity contribution >= 4 is 46.4 Å². The van der Waals surface area contributed by atoms with Gasteiger partial charge in [0.2, 0.25) is 0 Å². The lowest BCUT2D eigenvalue weighted by molar-refractivity contribution is 0.233. The predicted molar refractivity (Wildman–Crippen MR) is 194 cm³/mol. The number of nitrogens with one attached hydrogen (secondary N) is 1. The first-order chi connectivity index (χ1) is 22.1. The third kappa shape index (κ3) is 14.1. The first kappa shape index (κ1) is 39.7. The molecule has 0 saturated heterocycles. The quantitative estimate of drug-likeness (QED) is 0.0591. The van der Waals surface area contributed by atoms with Gasteiger partial charge in [0.15, 0.2) is 0 Å². The Morgan fingerprint density at radius 2 is 1.57 bits per heavy atom. The lowest BCUT2D eigenvalue weighted by atomic mass is 9.98. The molecule has 46 heavy (non-hydrogen) atoms. The molecule has 2 aromatic carbocycles. The van der Waals surface area contributed by atoms with Crippen LogP contribution in [-0.4, -0.2) is 29.5 Å². The van der Waals surface area contributed by atoms with E-state index in [-0.39, 0.29) is 11.4 Å². The van der Waals surface area contributed by atoms with Gasteiger partial charge in [-0.15, -0.1) is 10.2 Å². The second-order valence-corrected chi connectivity index (χ2v) is 14.3. The van der Waals surface area contributed by atoms with Gasteiger partial charge in [-0.2, -0.15) is 5.26 Å². The van der Waals surface area contributed by atoms with Crippen LogP contribution in [-0.2, 0) is 4.57 Å². The van der Waals surface area contributed by atoms with Gasteiger partial charge in [-0.05, 0) is 71.3 Å². The molecule has 2 aromatic rings. The van der Waals surface area contributed by atoms with Crippen molar-refractivity contribution in [2.45, 2.75) is 112 Å². The summed E-state index contributed by atoms with van der Waals surface area (Å²) in [5.41, 5.74) is 2.21. The summed E-state index contributed by atoms with van der Waals surface area (Å²) in [6.45, 7) is 13.2. The second-order valence-electron chi connectivity index (χ2n) is 12.1. The summed E-state index contributed by atoms with van der Waals surface area (Å²) in [6.07, 6.45) is 13.3. The van der Waals surface area contributed by atoms with Crippen molar-refractivity contribution < 1.29 is 19.1 Å². The molecule has 2 rings (SSSR count). The molecule has 2 unspecified atom stereocenters. The fraction of sp³-hybridized carbons (Fsp3) is 0.629. The van der Waals surface area contributed by atoms with Gasteiger partial charge >= 0.3 is 7.75 Å². The molecule has 0 aromatic heterocycles. The predicted octanol–water partition coefficient (Wildman–Crippen LogP) is 11.4. The van der Waals surface area contributed by atoms with E-state index >= 15 is 0 Å². The van der Waals surface area contributed by atoms with Gasteiger partial charge in [-0.3, -0.25) is 5.09 Å². The van der Waals surface area contributed by atoms with Crippen molar-refractivity contribution in [2.24, 2.45) is 22.1 Å². The minimum Gasteiger partial charge on any atom is -0.491 e. The lowest BCUT2D eigenvalue weighted by Gasteiger charge is -2.32. The smallest absolute Gasteiger partial charge is 0.427 e. The Balaban J connectivity index is 2.69. The molecular weight excluding hydrogens is 665 g/mol. The summed E-state index contributed by atoms with van der Waals surface area (Å²) < 4.78 is 19.5. The first-order valence-corrected chi connectivity index (χ1v) is 19.5. The van der Waals surface area contributed by atoms with Crippen LogP contribution in [0.3, 0.4) is 0 Å². The molecule has 0 heterocycles. The summed E-state index contributed by atoms with van der Waals surface area (Å²) in [5, 5.41) is 20.5. The summed E-state index contributed by atoms with van der Waals surface area (Å²) in [4.78, 5) is 22.3. The fourth-order valence-electron chi connectivity index (χ4n) is 5.39. The average molecular weight is 721 g/mol. The highest BCUT2D eigenvalue weighted by atomic mass is 79.9. The van der Waals surface area contributed by atoms with E-state index in [9.17, 15) is 19.6 Å². The molecule has 256 valence electrons. The van der Waals surface area contributed by atoms with Gasteiger partial charge in [0.1, 0.15) is 11.4 Å². The fourth-order valence-corrected chi connectivity index (χ4v) is 6.34. The molecule has 0 aliphatic rings. The molecule has 2 atom stereocenters. The van der Waals surface area contributed by atoms with Gasteiger partial charge in [0, 0.05) is 23.6 Å². The average Bonchev–Trinajstić information content (AvgIpc) is 3.03. The molecule has 0 amide bonds. The van der Waals surface area contributed by atoms with E-state index in [4.69, 9.17) is 4.74 Å². The van der Waals surface area contributed by atoms with Crippen molar-refractivity contribution in [3.05, 3.63) is 40.4 Å². The number of nitriles is 1. The monoisotopic (exact) mass is 719 g/mol. The van der Waals surface area contributed by atoms with Crippen LogP contribution in [0.1, 0.15) is 117 Å². The molecule has 0 bridgehead atoms. The highest BCUT2D eigenvalue weighted by Crippen LogP contribution is 2.46. The number of hydrogen-bond donors (Lipinski definition) is 3. The maximum atomic E-state index is 12.3. The Kier molecular flexibility index (Phi) is 18.5. The second kappa shape index (κ2) is 21.4. The zero-order valence-corrected chi connectivity index (χ0v) is 31.0. The van der Waals surface area contributed by atoms with Crippen molar-refractivity contribution in [2.75, 3.05) is 29.7 Å². The van der Waals surface area contributed by atoms with E-state index in [1.807, 2.05) is 0 Å². The van der Waals surface area contributed by atoms with Gasteiger partial charge in [0.05, 0.1) is 35.3 Å². The minimum atomic E-state index is -4.68. The van der Waals surface area contributed by atoms with E-state index in [2.05, 4.69) is 76.8 Å². The maximum Gasteiger partial charge on any atom is 0.427 e. The molecule has 11 heteroatoms. The lowest BCUT2D eigenvalue weighted by Crippen LogP contribution is -2.31. The van der Waals surface area contributed by atoms with Crippen LogP contribution in [0.5, 0.6) is 5.75 Å². The van der Waals surface area contributed by atoms with E-state index in [1.165, 1.54) is 0 Å². The van der Waals surface area contributed by atoms with Crippen LogP contribution in [0.25, 0.3) is 0 Å². The van der Waals surface area contributed by atoms with E-state index in [0.29, 0.717) is 39.9 Å². The third-order valence-electron chi connectivity index (χ3n) is 8.35. The Morgan fingerprint density at radius 1 is 0.913 bits per heavy atom. The molecule has 0 fully saturated rings. The first-order valence-electron chi connectivity index (χ1n) is 17.1. The number of anilines is 2. The largest absolute Gasteiger partial charge is 0.491 e. The molecule has 0 saturated carbocycles.